The highest BCUT2D eigenvalue weighted by atomic mass is 19.3. The van der Waals surface area contributed by atoms with Crippen molar-refractivity contribution >= 4 is 23.1 Å². The summed E-state index contributed by atoms with van der Waals surface area (Å²) >= 11 is 0. The molecule has 2 fully saturated rings. The van der Waals surface area contributed by atoms with Gasteiger partial charge in [0.15, 0.2) is 0 Å². The van der Waals surface area contributed by atoms with Crippen molar-refractivity contribution in [3.63, 3.8) is 0 Å². The fraction of sp³-hybridized carbons (Fsp3) is 0.474. The summed E-state index contributed by atoms with van der Waals surface area (Å²) in [4.78, 5) is 11.0. The minimum atomic E-state index is -2.54. The second-order valence-electron chi connectivity index (χ2n) is 7.37. The smallest absolute Gasteiger partial charge is 0.265 e. The summed E-state index contributed by atoms with van der Waals surface area (Å²) in [6.45, 7) is 3.75. The number of nitrogens with zero attached hydrogens (tertiary/aromatic N) is 3. The first kappa shape index (κ1) is 18.8. The molecular weight excluding hydrogens is 366 g/mol. The predicted octanol–water partition coefficient (Wildman–Crippen LogP) is 2.50. The molecule has 3 atom stereocenters. The Labute approximate surface area is 162 Å². The summed E-state index contributed by atoms with van der Waals surface area (Å²) in [5, 5.41) is 19.1. The molecule has 4 rings (SSSR count). The summed E-state index contributed by atoms with van der Waals surface area (Å²) in [6, 6.07) is 7.60. The second kappa shape index (κ2) is 7.84. The third-order valence-electron chi connectivity index (χ3n) is 5.16. The van der Waals surface area contributed by atoms with Crippen molar-refractivity contribution < 1.29 is 13.9 Å². The maximum Gasteiger partial charge on any atom is 0.265 e. The molecule has 2 saturated heterocycles. The first-order chi connectivity index (χ1) is 13.5. The lowest BCUT2D eigenvalue weighted by molar-refractivity contribution is 0.151. The highest BCUT2D eigenvalue weighted by molar-refractivity contribution is 5.66. The molecule has 7 nitrogen and oxygen atoms in total. The standard InChI is InChI=1S/C19H24F2N6O/c1-11(10-28)24-17-5-14(27-9-13-4-15(27)8-22-13)6-18(26-17)25-16-3-2-12(7-23-16)19(20)21/h2-3,5-7,11,13,15,19,22,28H,4,8-10H2,1H3,(H2,23,24,25,26)/t11-,13?,15?/m0/s1. The van der Waals surface area contributed by atoms with Crippen LogP contribution in [0.2, 0.25) is 0 Å². The van der Waals surface area contributed by atoms with Crippen LogP contribution in [0.3, 0.4) is 0 Å². The van der Waals surface area contributed by atoms with Crippen LogP contribution < -0.4 is 20.9 Å². The summed E-state index contributed by atoms with van der Waals surface area (Å²) in [7, 11) is 0. The van der Waals surface area contributed by atoms with E-state index in [-0.39, 0.29) is 18.2 Å². The van der Waals surface area contributed by atoms with Crippen LogP contribution in [-0.2, 0) is 0 Å². The summed E-state index contributed by atoms with van der Waals surface area (Å²) in [6.07, 6.45) is -0.259. The zero-order valence-corrected chi connectivity index (χ0v) is 15.6. The Hall–Kier alpha value is -2.52. The van der Waals surface area contributed by atoms with Crippen molar-refractivity contribution in [1.29, 1.82) is 0 Å². The average Bonchev–Trinajstić information content (AvgIpc) is 3.31. The molecule has 0 spiro atoms. The summed E-state index contributed by atoms with van der Waals surface area (Å²) < 4.78 is 25.4. The van der Waals surface area contributed by atoms with Gasteiger partial charge in [-0.15, -0.1) is 0 Å². The van der Waals surface area contributed by atoms with Crippen LogP contribution in [0, 0.1) is 0 Å². The van der Waals surface area contributed by atoms with Crippen LogP contribution in [0.5, 0.6) is 0 Å². The Morgan fingerprint density at radius 2 is 2.11 bits per heavy atom. The highest BCUT2D eigenvalue weighted by Gasteiger charge is 2.37. The van der Waals surface area contributed by atoms with Gasteiger partial charge in [0, 0.05) is 60.8 Å². The molecule has 4 N–H and O–H groups in total. The Morgan fingerprint density at radius 3 is 2.71 bits per heavy atom. The maximum absolute atomic E-state index is 12.7. The van der Waals surface area contributed by atoms with Gasteiger partial charge >= 0.3 is 0 Å². The molecule has 28 heavy (non-hydrogen) atoms. The quantitative estimate of drug-likeness (QED) is 0.578. The summed E-state index contributed by atoms with van der Waals surface area (Å²) in [5.74, 6) is 1.65. The lowest BCUT2D eigenvalue weighted by atomic mass is 10.2. The van der Waals surface area contributed by atoms with Crippen molar-refractivity contribution in [2.45, 2.75) is 37.9 Å². The Morgan fingerprint density at radius 1 is 1.29 bits per heavy atom. The minimum absolute atomic E-state index is 0.0103. The summed E-state index contributed by atoms with van der Waals surface area (Å²) in [5.41, 5.74) is 0.912. The van der Waals surface area contributed by atoms with Gasteiger partial charge in [-0.25, -0.2) is 18.7 Å². The molecule has 2 aliphatic rings. The van der Waals surface area contributed by atoms with Crippen LogP contribution in [0.25, 0.3) is 0 Å². The molecule has 0 radical (unpaired) electrons. The zero-order chi connectivity index (χ0) is 19.7. The van der Waals surface area contributed by atoms with Crippen molar-refractivity contribution in [3.8, 4) is 0 Å². The van der Waals surface area contributed by atoms with Gasteiger partial charge in [0.1, 0.15) is 17.5 Å². The van der Waals surface area contributed by atoms with E-state index in [0.717, 1.165) is 31.4 Å². The van der Waals surface area contributed by atoms with Gasteiger partial charge in [-0.05, 0) is 25.5 Å². The lowest BCUT2D eigenvalue weighted by Gasteiger charge is -2.30. The number of hydrogen-bond donors (Lipinski definition) is 4. The van der Waals surface area contributed by atoms with Crippen molar-refractivity contribution in [1.82, 2.24) is 15.3 Å². The molecule has 2 aromatic heterocycles. The number of pyridine rings is 2. The molecule has 0 saturated carbocycles. The number of alkyl halides is 2. The fourth-order valence-electron chi connectivity index (χ4n) is 3.73. The van der Waals surface area contributed by atoms with Crippen molar-refractivity contribution in [3.05, 3.63) is 36.0 Å². The van der Waals surface area contributed by atoms with E-state index < -0.39 is 6.43 Å². The normalized spacial score (nSPS) is 22.0. The van der Waals surface area contributed by atoms with Gasteiger partial charge in [0.2, 0.25) is 0 Å². The highest BCUT2D eigenvalue weighted by Crippen LogP contribution is 2.32. The molecule has 150 valence electrons. The van der Waals surface area contributed by atoms with Gasteiger partial charge in [0.25, 0.3) is 6.43 Å². The van der Waals surface area contributed by atoms with Crippen molar-refractivity contribution in [2.24, 2.45) is 0 Å². The number of halogens is 2. The van der Waals surface area contributed by atoms with Gasteiger partial charge in [0.05, 0.1) is 6.61 Å². The molecule has 0 aromatic carbocycles. The van der Waals surface area contributed by atoms with Crippen LogP contribution in [0.1, 0.15) is 25.3 Å². The van der Waals surface area contributed by atoms with E-state index in [1.165, 1.54) is 12.1 Å². The molecule has 2 aromatic rings. The number of hydrogen-bond acceptors (Lipinski definition) is 7. The van der Waals surface area contributed by atoms with E-state index in [2.05, 4.69) is 30.8 Å². The third kappa shape index (κ3) is 4.00. The molecule has 2 aliphatic heterocycles. The van der Waals surface area contributed by atoms with E-state index in [4.69, 9.17) is 0 Å². The van der Waals surface area contributed by atoms with E-state index in [1.807, 2.05) is 19.1 Å². The number of piperazine rings is 1. The molecule has 4 heterocycles. The monoisotopic (exact) mass is 390 g/mol. The maximum atomic E-state index is 12.7. The SMILES string of the molecule is C[C@@H](CO)Nc1cc(N2CC3CC2CN3)cc(Nc2ccc(C(F)F)cn2)n1. The van der Waals surface area contributed by atoms with E-state index in [9.17, 15) is 13.9 Å². The van der Waals surface area contributed by atoms with Gasteiger partial charge < -0.3 is 26.0 Å². The molecular formula is C19H24F2N6O. The van der Waals surface area contributed by atoms with E-state index >= 15 is 0 Å². The largest absolute Gasteiger partial charge is 0.394 e. The Bertz CT molecular complexity index is 819. The van der Waals surface area contributed by atoms with Crippen LogP contribution in [0.15, 0.2) is 30.5 Å². The zero-order valence-electron chi connectivity index (χ0n) is 15.6. The number of rotatable bonds is 7. The van der Waals surface area contributed by atoms with Crippen LogP contribution in [-0.4, -0.2) is 52.9 Å². The number of aliphatic hydroxyl groups excluding tert-OH is 1. The van der Waals surface area contributed by atoms with E-state index in [1.54, 1.807) is 0 Å². The van der Waals surface area contributed by atoms with Crippen molar-refractivity contribution in [2.75, 3.05) is 35.2 Å². The van der Waals surface area contributed by atoms with Gasteiger partial charge in [-0.3, -0.25) is 0 Å². The number of fused-ring (bicyclic) bond motifs is 2. The molecule has 2 bridgehead atoms. The predicted molar refractivity (Wildman–Crippen MR) is 104 cm³/mol. The van der Waals surface area contributed by atoms with Crippen LogP contribution >= 0.6 is 0 Å². The molecule has 9 heteroatoms. The second-order valence-corrected chi connectivity index (χ2v) is 7.37. The fourth-order valence-corrected chi connectivity index (χ4v) is 3.73. The first-order valence-corrected chi connectivity index (χ1v) is 9.42. The number of nitrogens with one attached hydrogen (secondary N) is 3. The Kier molecular flexibility index (Phi) is 5.27. The third-order valence-corrected chi connectivity index (χ3v) is 5.16. The molecule has 0 aliphatic carbocycles. The number of aliphatic hydroxyl groups is 1. The van der Waals surface area contributed by atoms with Gasteiger partial charge in [-0.1, -0.05) is 0 Å². The van der Waals surface area contributed by atoms with E-state index in [0.29, 0.717) is 29.5 Å². The number of aromatic nitrogens is 2. The minimum Gasteiger partial charge on any atom is -0.394 e. The topological polar surface area (TPSA) is 85.3 Å². The van der Waals surface area contributed by atoms with Crippen LogP contribution in [0.4, 0.5) is 31.9 Å². The molecule has 2 unspecified atom stereocenters. The number of anilines is 4. The lowest BCUT2D eigenvalue weighted by Crippen LogP contribution is -2.43. The molecule has 0 amide bonds. The average molecular weight is 390 g/mol. The first-order valence-electron chi connectivity index (χ1n) is 9.42. The Balaban J connectivity index is 1.59. The van der Waals surface area contributed by atoms with Gasteiger partial charge in [-0.2, -0.15) is 0 Å².